The van der Waals surface area contributed by atoms with Gasteiger partial charge in [-0.2, -0.15) is 4.73 Å². The molecular weight excluding hydrogens is 444 g/mol. The number of nitrogens with zero attached hydrogens (tertiary/aromatic N) is 2. The van der Waals surface area contributed by atoms with E-state index >= 15 is 0 Å². The lowest BCUT2D eigenvalue weighted by Gasteiger charge is -2.15. The standard InChI is InChI=1S/C27H26N4O4/c1-15-7-5-8-16(2)23(15)21-14-19(11-12-22(21)35-4)26-29-17(3)24(31(26)34)27(33)30-20-10-6-9-18(13-20)25(28)32/h5-14,34H,1-4H3,(H2,28,32)(H,30,33). The number of rotatable bonds is 6. The second-order valence-corrected chi connectivity index (χ2v) is 8.26. The van der Waals surface area contributed by atoms with E-state index in [1.807, 2.05) is 44.2 Å². The lowest BCUT2D eigenvalue weighted by Crippen LogP contribution is -2.18. The molecule has 0 aliphatic heterocycles. The van der Waals surface area contributed by atoms with Crippen LogP contribution >= 0.6 is 0 Å². The van der Waals surface area contributed by atoms with E-state index in [4.69, 9.17) is 10.5 Å². The number of methoxy groups -OCH3 is 1. The molecule has 0 saturated carbocycles. The topological polar surface area (TPSA) is 119 Å². The summed E-state index contributed by atoms with van der Waals surface area (Å²) < 4.78 is 6.38. The van der Waals surface area contributed by atoms with E-state index in [2.05, 4.69) is 10.3 Å². The number of carbonyl (C=O) groups is 2. The molecule has 0 saturated heterocycles. The molecule has 2 amide bonds. The summed E-state index contributed by atoms with van der Waals surface area (Å²) in [6, 6.07) is 17.8. The maximum Gasteiger partial charge on any atom is 0.277 e. The van der Waals surface area contributed by atoms with Gasteiger partial charge in [0.15, 0.2) is 11.5 Å². The van der Waals surface area contributed by atoms with Crippen molar-refractivity contribution in [2.24, 2.45) is 5.73 Å². The summed E-state index contributed by atoms with van der Waals surface area (Å²) in [7, 11) is 1.61. The van der Waals surface area contributed by atoms with Gasteiger partial charge in [-0.25, -0.2) is 4.98 Å². The summed E-state index contributed by atoms with van der Waals surface area (Å²) >= 11 is 0. The van der Waals surface area contributed by atoms with Crippen LogP contribution in [0.2, 0.25) is 0 Å². The highest BCUT2D eigenvalue weighted by atomic mass is 16.5. The molecule has 0 bridgehead atoms. The number of imidazole rings is 1. The zero-order valence-electron chi connectivity index (χ0n) is 19.9. The fraction of sp³-hybridized carbons (Fsp3) is 0.148. The second-order valence-electron chi connectivity index (χ2n) is 8.26. The van der Waals surface area contributed by atoms with Gasteiger partial charge < -0.3 is 21.0 Å². The minimum atomic E-state index is -0.606. The molecule has 4 rings (SSSR count). The summed E-state index contributed by atoms with van der Waals surface area (Å²) in [5.74, 6) is -0.278. The van der Waals surface area contributed by atoms with Crippen molar-refractivity contribution in [1.82, 2.24) is 9.71 Å². The van der Waals surface area contributed by atoms with Crippen LogP contribution in [0.5, 0.6) is 5.75 Å². The summed E-state index contributed by atoms with van der Waals surface area (Å²) in [5, 5.41) is 13.6. The van der Waals surface area contributed by atoms with Crippen molar-refractivity contribution < 1.29 is 19.5 Å². The van der Waals surface area contributed by atoms with Gasteiger partial charge >= 0.3 is 0 Å². The summed E-state index contributed by atoms with van der Waals surface area (Å²) in [6.45, 7) is 5.70. The summed E-state index contributed by atoms with van der Waals surface area (Å²) in [6.07, 6.45) is 0. The summed E-state index contributed by atoms with van der Waals surface area (Å²) in [5.41, 5.74) is 10.9. The Morgan fingerprint density at radius 1 is 1.00 bits per heavy atom. The van der Waals surface area contributed by atoms with Gasteiger partial charge in [-0.05, 0) is 73.9 Å². The molecule has 0 aliphatic rings. The Kier molecular flexibility index (Phi) is 6.29. The Morgan fingerprint density at radius 2 is 1.69 bits per heavy atom. The predicted molar refractivity (Wildman–Crippen MR) is 134 cm³/mol. The van der Waals surface area contributed by atoms with Gasteiger partial charge in [0, 0.05) is 22.4 Å². The number of amides is 2. The molecule has 0 fully saturated rings. The van der Waals surface area contributed by atoms with Gasteiger partial charge in [0.2, 0.25) is 5.91 Å². The molecule has 0 radical (unpaired) electrons. The van der Waals surface area contributed by atoms with Crippen LogP contribution in [0.3, 0.4) is 0 Å². The SMILES string of the molecule is COc1ccc(-c2nc(C)c(C(=O)Nc3cccc(C(N)=O)c3)n2O)cc1-c1c(C)cccc1C. The van der Waals surface area contributed by atoms with Crippen LogP contribution in [0, 0.1) is 20.8 Å². The largest absolute Gasteiger partial charge is 0.496 e. The van der Waals surface area contributed by atoms with Crippen molar-refractivity contribution in [1.29, 1.82) is 0 Å². The number of aryl methyl sites for hydroxylation is 3. The smallest absolute Gasteiger partial charge is 0.277 e. The molecule has 8 heteroatoms. The first kappa shape index (κ1) is 23.6. The third-order valence-electron chi connectivity index (χ3n) is 5.86. The molecule has 8 nitrogen and oxygen atoms in total. The number of nitrogens with two attached hydrogens (primary N) is 1. The van der Waals surface area contributed by atoms with Crippen LogP contribution in [0.25, 0.3) is 22.5 Å². The Balaban J connectivity index is 1.74. The van der Waals surface area contributed by atoms with Crippen LogP contribution in [-0.2, 0) is 0 Å². The molecule has 0 spiro atoms. The molecule has 0 aliphatic carbocycles. The van der Waals surface area contributed by atoms with Crippen molar-refractivity contribution >= 4 is 17.5 Å². The number of carbonyl (C=O) groups excluding carboxylic acids is 2. The lowest BCUT2D eigenvalue weighted by molar-refractivity contribution is 0.0970. The molecule has 0 unspecified atom stereocenters. The number of nitrogens with one attached hydrogen (secondary N) is 1. The van der Waals surface area contributed by atoms with Crippen LogP contribution < -0.4 is 15.8 Å². The third kappa shape index (κ3) is 4.46. The van der Waals surface area contributed by atoms with Crippen molar-refractivity contribution in [3.05, 3.63) is 88.7 Å². The zero-order chi connectivity index (χ0) is 25.3. The number of ether oxygens (including phenoxy) is 1. The number of aromatic nitrogens is 2. The highest BCUT2D eigenvalue weighted by Crippen LogP contribution is 2.37. The average molecular weight is 471 g/mol. The Labute approximate surface area is 203 Å². The van der Waals surface area contributed by atoms with Gasteiger partial charge in [-0.15, -0.1) is 0 Å². The van der Waals surface area contributed by atoms with E-state index in [0.29, 0.717) is 22.7 Å². The second kappa shape index (κ2) is 9.34. The molecule has 3 aromatic carbocycles. The monoisotopic (exact) mass is 470 g/mol. The molecule has 0 atom stereocenters. The van der Waals surface area contributed by atoms with Gasteiger partial charge in [-0.1, -0.05) is 24.3 Å². The molecular formula is C27H26N4O4. The molecule has 1 heterocycles. The molecule has 1 aromatic heterocycles. The average Bonchev–Trinajstić information content (AvgIpc) is 3.12. The first-order valence-electron chi connectivity index (χ1n) is 11.0. The first-order valence-corrected chi connectivity index (χ1v) is 11.0. The molecule has 35 heavy (non-hydrogen) atoms. The number of hydrogen-bond donors (Lipinski definition) is 3. The van der Waals surface area contributed by atoms with Crippen molar-refractivity contribution in [2.45, 2.75) is 20.8 Å². The van der Waals surface area contributed by atoms with E-state index in [-0.39, 0.29) is 17.1 Å². The number of benzene rings is 3. The number of anilines is 1. The van der Waals surface area contributed by atoms with Crippen LogP contribution in [0.1, 0.15) is 37.7 Å². The highest BCUT2D eigenvalue weighted by molar-refractivity contribution is 6.05. The molecule has 178 valence electrons. The van der Waals surface area contributed by atoms with Gasteiger partial charge in [-0.3, -0.25) is 9.59 Å². The van der Waals surface area contributed by atoms with E-state index in [1.54, 1.807) is 38.3 Å². The predicted octanol–water partition coefficient (Wildman–Crippen LogP) is 4.74. The lowest BCUT2D eigenvalue weighted by atomic mass is 9.93. The van der Waals surface area contributed by atoms with E-state index in [1.165, 1.54) is 6.07 Å². The van der Waals surface area contributed by atoms with Crippen LogP contribution in [0.4, 0.5) is 5.69 Å². The Bertz CT molecular complexity index is 1440. The van der Waals surface area contributed by atoms with Gasteiger partial charge in [0.1, 0.15) is 5.75 Å². The maximum atomic E-state index is 13.0. The first-order chi connectivity index (χ1) is 16.7. The van der Waals surface area contributed by atoms with Gasteiger partial charge in [0.25, 0.3) is 5.91 Å². The minimum Gasteiger partial charge on any atom is -0.496 e. The number of hydrogen-bond acceptors (Lipinski definition) is 5. The highest BCUT2D eigenvalue weighted by Gasteiger charge is 2.23. The zero-order valence-corrected chi connectivity index (χ0v) is 19.9. The van der Waals surface area contributed by atoms with Crippen molar-refractivity contribution in [3.8, 4) is 28.3 Å². The molecule has 4 aromatic rings. The van der Waals surface area contributed by atoms with E-state index in [0.717, 1.165) is 27.0 Å². The molecule has 4 N–H and O–H groups in total. The fourth-order valence-corrected chi connectivity index (χ4v) is 4.19. The van der Waals surface area contributed by atoms with Crippen LogP contribution in [0.15, 0.2) is 60.7 Å². The van der Waals surface area contributed by atoms with E-state index in [9.17, 15) is 14.8 Å². The fourth-order valence-electron chi connectivity index (χ4n) is 4.19. The van der Waals surface area contributed by atoms with E-state index < -0.39 is 11.8 Å². The van der Waals surface area contributed by atoms with Crippen molar-refractivity contribution in [2.75, 3.05) is 12.4 Å². The van der Waals surface area contributed by atoms with Crippen molar-refractivity contribution in [3.63, 3.8) is 0 Å². The normalized spacial score (nSPS) is 10.7. The Hall–Kier alpha value is -4.59. The Morgan fingerprint density at radius 3 is 2.34 bits per heavy atom. The van der Waals surface area contributed by atoms with Gasteiger partial charge in [0.05, 0.1) is 12.8 Å². The summed E-state index contributed by atoms with van der Waals surface area (Å²) in [4.78, 5) is 28.9. The maximum absolute atomic E-state index is 13.0. The number of primary amides is 1. The minimum absolute atomic E-state index is 0.0195. The van der Waals surface area contributed by atoms with Crippen LogP contribution in [-0.4, -0.2) is 33.8 Å². The quantitative estimate of drug-likeness (QED) is 0.352. The third-order valence-corrected chi connectivity index (χ3v) is 5.86.